The van der Waals surface area contributed by atoms with Crippen molar-refractivity contribution in [1.82, 2.24) is 0 Å². The third-order valence-electron chi connectivity index (χ3n) is 3.34. The van der Waals surface area contributed by atoms with E-state index in [-0.39, 0.29) is 12.2 Å². The number of hydrogen-bond donors (Lipinski definition) is 1. The minimum Gasteiger partial charge on any atom is -0.481 e. The second kappa shape index (κ2) is 6.43. The molecule has 0 fully saturated rings. The Hall–Kier alpha value is -2.62. The van der Waals surface area contributed by atoms with E-state index in [2.05, 4.69) is 0 Å². The highest BCUT2D eigenvalue weighted by Gasteiger charge is 2.30. The summed E-state index contributed by atoms with van der Waals surface area (Å²) in [4.78, 5) is 23.2. The summed E-state index contributed by atoms with van der Waals surface area (Å²) in [6.07, 6.45) is -0.0405. The van der Waals surface area contributed by atoms with Crippen LogP contribution in [0.4, 0.5) is 0 Å². The topological polar surface area (TPSA) is 63.6 Å². The number of ketones is 1. The molecule has 0 heterocycles. The zero-order valence-electron chi connectivity index (χ0n) is 12.6. The first-order valence-corrected chi connectivity index (χ1v) is 6.98. The van der Waals surface area contributed by atoms with Gasteiger partial charge in [0.1, 0.15) is 11.5 Å². The lowest BCUT2D eigenvalue weighted by Gasteiger charge is -2.17. The Morgan fingerprint density at radius 3 is 2.05 bits per heavy atom. The van der Waals surface area contributed by atoms with Crippen LogP contribution in [0.5, 0.6) is 11.5 Å². The molecule has 0 atom stereocenters. The maximum atomic E-state index is 12.1. The lowest BCUT2D eigenvalue weighted by Crippen LogP contribution is -2.26. The molecule has 114 valence electrons. The highest BCUT2D eigenvalue weighted by atomic mass is 16.5. The molecular formula is C18H18O4. The molecule has 0 aliphatic heterocycles. The second-order valence-electron chi connectivity index (χ2n) is 5.73. The average molecular weight is 298 g/mol. The van der Waals surface area contributed by atoms with Gasteiger partial charge in [-0.25, -0.2) is 0 Å². The van der Waals surface area contributed by atoms with Crippen molar-refractivity contribution < 1.29 is 19.4 Å². The molecule has 4 nitrogen and oxygen atoms in total. The highest BCUT2D eigenvalue weighted by molar-refractivity contribution is 5.98. The van der Waals surface area contributed by atoms with Crippen molar-refractivity contribution in [1.29, 1.82) is 0 Å². The van der Waals surface area contributed by atoms with E-state index in [9.17, 15) is 9.59 Å². The molecule has 0 amide bonds. The quantitative estimate of drug-likeness (QED) is 0.813. The zero-order chi connectivity index (χ0) is 16.2. The van der Waals surface area contributed by atoms with E-state index in [1.807, 2.05) is 30.3 Å². The van der Waals surface area contributed by atoms with Crippen molar-refractivity contribution in [3.8, 4) is 11.5 Å². The summed E-state index contributed by atoms with van der Waals surface area (Å²) in [7, 11) is 0. The maximum absolute atomic E-state index is 12.1. The van der Waals surface area contributed by atoms with Gasteiger partial charge in [-0.05, 0) is 50.2 Å². The smallest absolute Gasteiger partial charge is 0.309 e. The highest BCUT2D eigenvalue weighted by Crippen LogP contribution is 2.25. The average Bonchev–Trinajstić information content (AvgIpc) is 2.48. The SMILES string of the molecule is CC(C)(CC(=O)c1ccc(Oc2ccccc2)cc1)C(=O)O. The summed E-state index contributed by atoms with van der Waals surface area (Å²) in [5.74, 6) is 0.164. The van der Waals surface area contributed by atoms with Gasteiger partial charge in [-0.15, -0.1) is 0 Å². The molecule has 0 bridgehead atoms. The fourth-order valence-corrected chi connectivity index (χ4v) is 1.91. The first-order valence-electron chi connectivity index (χ1n) is 6.98. The molecule has 4 heteroatoms. The molecule has 2 aromatic rings. The van der Waals surface area contributed by atoms with Crippen molar-refractivity contribution in [2.24, 2.45) is 5.41 Å². The number of carboxylic acid groups (broad SMARTS) is 1. The summed E-state index contributed by atoms with van der Waals surface area (Å²) in [6.45, 7) is 3.08. The van der Waals surface area contributed by atoms with Crippen LogP contribution >= 0.6 is 0 Å². The number of carbonyl (C=O) groups is 2. The largest absolute Gasteiger partial charge is 0.481 e. The van der Waals surface area contributed by atoms with E-state index < -0.39 is 11.4 Å². The third-order valence-corrected chi connectivity index (χ3v) is 3.34. The fourth-order valence-electron chi connectivity index (χ4n) is 1.91. The van der Waals surface area contributed by atoms with Gasteiger partial charge in [-0.3, -0.25) is 9.59 Å². The Morgan fingerprint density at radius 1 is 0.955 bits per heavy atom. The number of carbonyl (C=O) groups excluding carboxylic acids is 1. The van der Waals surface area contributed by atoms with Crippen LogP contribution < -0.4 is 4.74 Å². The van der Waals surface area contributed by atoms with Crippen molar-refractivity contribution in [3.63, 3.8) is 0 Å². The molecule has 0 spiro atoms. The predicted molar refractivity (Wildman–Crippen MR) is 83.3 cm³/mol. The van der Waals surface area contributed by atoms with Gasteiger partial charge < -0.3 is 9.84 Å². The van der Waals surface area contributed by atoms with Crippen LogP contribution in [0.1, 0.15) is 30.6 Å². The van der Waals surface area contributed by atoms with E-state index >= 15 is 0 Å². The molecule has 2 rings (SSSR count). The number of para-hydroxylation sites is 1. The lowest BCUT2D eigenvalue weighted by atomic mass is 9.86. The summed E-state index contributed by atoms with van der Waals surface area (Å²) in [6, 6.07) is 16.0. The number of benzene rings is 2. The van der Waals surface area contributed by atoms with Crippen LogP contribution in [0.25, 0.3) is 0 Å². The molecular weight excluding hydrogens is 280 g/mol. The van der Waals surface area contributed by atoms with Crippen molar-refractivity contribution >= 4 is 11.8 Å². The van der Waals surface area contributed by atoms with Crippen LogP contribution in [-0.2, 0) is 4.79 Å². The summed E-state index contributed by atoms with van der Waals surface area (Å²) in [5.41, 5.74) is -0.592. The van der Waals surface area contributed by atoms with Crippen molar-refractivity contribution in [2.45, 2.75) is 20.3 Å². The van der Waals surface area contributed by atoms with Gasteiger partial charge in [0.25, 0.3) is 0 Å². The molecule has 0 radical (unpaired) electrons. The van der Waals surface area contributed by atoms with Gasteiger partial charge in [0.05, 0.1) is 5.41 Å². The van der Waals surface area contributed by atoms with Crippen LogP contribution in [0.3, 0.4) is 0 Å². The standard InChI is InChI=1S/C18H18O4/c1-18(2,17(20)21)12-16(19)13-8-10-15(11-9-13)22-14-6-4-3-5-7-14/h3-11H,12H2,1-2H3,(H,20,21). The molecule has 1 N–H and O–H groups in total. The van der Waals surface area contributed by atoms with Crippen molar-refractivity contribution in [3.05, 3.63) is 60.2 Å². The first-order chi connectivity index (χ1) is 10.4. The van der Waals surface area contributed by atoms with Crippen LogP contribution in [0.2, 0.25) is 0 Å². The van der Waals surface area contributed by atoms with Gasteiger partial charge in [-0.2, -0.15) is 0 Å². The van der Waals surface area contributed by atoms with E-state index in [1.54, 1.807) is 38.1 Å². The van der Waals surface area contributed by atoms with Crippen LogP contribution in [0.15, 0.2) is 54.6 Å². The van der Waals surface area contributed by atoms with Gasteiger partial charge >= 0.3 is 5.97 Å². The Labute approximate surface area is 129 Å². The Balaban J connectivity index is 2.05. The predicted octanol–water partition coefficient (Wildman–Crippen LogP) is 4.16. The number of ether oxygens (including phenoxy) is 1. The maximum Gasteiger partial charge on any atom is 0.309 e. The Kier molecular flexibility index (Phi) is 4.61. The summed E-state index contributed by atoms with van der Waals surface area (Å²) in [5, 5.41) is 9.07. The molecule has 0 unspecified atom stereocenters. The van der Waals surface area contributed by atoms with Crippen molar-refractivity contribution in [2.75, 3.05) is 0 Å². The number of carboxylic acids is 1. The van der Waals surface area contributed by atoms with Gasteiger partial charge in [0.15, 0.2) is 5.78 Å². The molecule has 0 saturated carbocycles. The molecule has 22 heavy (non-hydrogen) atoms. The third kappa shape index (κ3) is 3.95. The van der Waals surface area contributed by atoms with E-state index in [1.165, 1.54) is 0 Å². The number of aliphatic carboxylic acids is 1. The first kappa shape index (κ1) is 15.8. The lowest BCUT2D eigenvalue weighted by molar-refractivity contribution is -0.146. The van der Waals surface area contributed by atoms with Crippen LogP contribution in [0, 0.1) is 5.41 Å². The van der Waals surface area contributed by atoms with Gasteiger partial charge in [0, 0.05) is 12.0 Å². The Morgan fingerprint density at radius 2 is 1.50 bits per heavy atom. The fraction of sp³-hybridized carbons (Fsp3) is 0.222. The number of hydrogen-bond acceptors (Lipinski definition) is 3. The Bertz CT molecular complexity index is 657. The molecule has 2 aromatic carbocycles. The normalized spacial score (nSPS) is 11.0. The summed E-state index contributed by atoms with van der Waals surface area (Å²) >= 11 is 0. The van der Waals surface area contributed by atoms with E-state index in [0.29, 0.717) is 17.1 Å². The molecule has 0 aromatic heterocycles. The number of rotatable bonds is 6. The molecule has 0 aliphatic rings. The molecule has 0 aliphatic carbocycles. The molecule has 0 saturated heterocycles. The minimum atomic E-state index is -1.07. The zero-order valence-corrected chi connectivity index (χ0v) is 12.6. The second-order valence-corrected chi connectivity index (χ2v) is 5.73. The van der Waals surface area contributed by atoms with E-state index in [0.717, 1.165) is 0 Å². The monoisotopic (exact) mass is 298 g/mol. The van der Waals surface area contributed by atoms with E-state index in [4.69, 9.17) is 9.84 Å². The minimum absolute atomic E-state index is 0.0405. The van der Waals surface area contributed by atoms with Gasteiger partial charge in [0.2, 0.25) is 0 Å². The number of Topliss-reactive ketones (excluding diaryl/α,β-unsaturated/α-hetero) is 1. The van der Waals surface area contributed by atoms with Crippen LogP contribution in [-0.4, -0.2) is 16.9 Å². The van der Waals surface area contributed by atoms with Gasteiger partial charge in [-0.1, -0.05) is 18.2 Å². The summed E-state index contributed by atoms with van der Waals surface area (Å²) < 4.78 is 5.65.